The molecule has 4 heteroatoms. The fourth-order valence-corrected chi connectivity index (χ4v) is 3.11. The lowest BCUT2D eigenvalue weighted by atomic mass is 10.0. The third-order valence-corrected chi connectivity index (χ3v) is 4.55. The molecule has 0 bridgehead atoms. The predicted octanol–water partition coefficient (Wildman–Crippen LogP) is 2.30. The van der Waals surface area contributed by atoms with E-state index >= 15 is 0 Å². The van der Waals surface area contributed by atoms with E-state index in [1.165, 1.54) is 16.7 Å². The molecule has 1 saturated carbocycles. The Morgan fingerprint density at radius 2 is 2.14 bits per heavy atom. The van der Waals surface area contributed by atoms with Crippen molar-refractivity contribution in [2.75, 3.05) is 19.8 Å². The highest BCUT2D eigenvalue weighted by atomic mass is 16.5. The van der Waals surface area contributed by atoms with Gasteiger partial charge in [0.15, 0.2) is 0 Å². The van der Waals surface area contributed by atoms with E-state index in [4.69, 9.17) is 4.74 Å². The molecule has 4 nitrogen and oxygen atoms in total. The fraction of sp³-hybridized carbons (Fsp3) is 0.588. The van der Waals surface area contributed by atoms with Crippen molar-refractivity contribution in [3.05, 3.63) is 34.9 Å². The number of nitrogens with one attached hydrogen (secondary N) is 1. The van der Waals surface area contributed by atoms with E-state index in [1.54, 1.807) is 0 Å². The minimum atomic E-state index is -0.285. The van der Waals surface area contributed by atoms with Crippen molar-refractivity contribution < 1.29 is 9.53 Å². The monoisotopic (exact) mass is 288 g/mol. The zero-order valence-electron chi connectivity index (χ0n) is 13.1. The van der Waals surface area contributed by atoms with E-state index in [9.17, 15) is 4.79 Å². The second-order valence-corrected chi connectivity index (χ2v) is 6.18. The molecule has 1 aliphatic carbocycles. The number of hydrogen-bond acceptors (Lipinski definition) is 3. The molecule has 0 radical (unpaired) electrons. The van der Waals surface area contributed by atoms with Crippen LogP contribution in [0.4, 0.5) is 0 Å². The van der Waals surface area contributed by atoms with Gasteiger partial charge in [-0.3, -0.25) is 10.1 Å². The summed E-state index contributed by atoms with van der Waals surface area (Å²) in [7, 11) is 0. The van der Waals surface area contributed by atoms with Crippen LogP contribution in [0.2, 0.25) is 0 Å². The van der Waals surface area contributed by atoms with Crippen molar-refractivity contribution in [3.63, 3.8) is 0 Å². The van der Waals surface area contributed by atoms with Crippen molar-refractivity contribution >= 4 is 5.91 Å². The number of hydrogen-bond donors (Lipinski definition) is 1. The van der Waals surface area contributed by atoms with Gasteiger partial charge in [0.2, 0.25) is 5.91 Å². The molecule has 1 unspecified atom stereocenters. The van der Waals surface area contributed by atoms with Gasteiger partial charge in [-0.25, -0.2) is 0 Å². The maximum absolute atomic E-state index is 12.7. The lowest BCUT2D eigenvalue weighted by Gasteiger charge is -2.26. The van der Waals surface area contributed by atoms with Crippen LogP contribution in [0.1, 0.15) is 42.6 Å². The summed E-state index contributed by atoms with van der Waals surface area (Å²) in [6.45, 7) is 8.13. The molecular formula is C17H24N2O2. The largest absolute Gasteiger partial charge is 0.380 e. The molecule has 1 saturated heterocycles. The van der Waals surface area contributed by atoms with Crippen molar-refractivity contribution in [2.45, 2.75) is 45.3 Å². The standard InChI is InChI=1S/C17H24N2O2/c1-4-21-10-9-19-15(18-17(7-8-17)16(19)20)14-11-12(2)5-6-13(14)3/h5-6,11,15,18H,4,7-10H2,1-3H3. The molecule has 1 aliphatic heterocycles. The predicted molar refractivity (Wildman–Crippen MR) is 82.0 cm³/mol. The first-order valence-electron chi connectivity index (χ1n) is 7.81. The molecule has 21 heavy (non-hydrogen) atoms. The summed E-state index contributed by atoms with van der Waals surface area (Å²) in [6, 6.07) is 6.44. The average Bonchev–Trinajstić information content (AvgIpc) is 3.19. The van der Waals surface area contributed by atoms with Crippen LogP contribution in [0.3, 0.4) is 0 Å². The van der Waals surface area contributed by atoms with E-state index < -0.39 is 0 Å². The second kappa shape index (κ2) is 5.43. The Hall–Kier alpha value is -1.39. The van der Waals surface area contributed by atoms with Gasteiger partial charge < -0.3 is 9.64 Å². The van der Waals surface area contributed by atoms with Crippen LogP contribution in [-0.4, -0.2) is 36.1 Å². The van der Waals surface area contributed by atoms with Gasteiger partial charge in [-0.2, -0.15) is 0 Å². The summed E-state index contributed by atoms with van der Waals surface area (Å²) < 4.78 is 5.45. The van der Waals surface area contributed by atoms with Crippen molar-refractivity contribution in [2.24, 2.45) is 0 Å². The molecule has 1 aromatic rings. The number of nitrogens with zero attached hydrogens (tertiary/aromatic N) is 1. The van der Waals surface area contributed by atoms with Crippen LogP contribution in [0.25, 0.3) is 0 Å². The highest BCUT2D eigenvalue weighted by molar-refractivity contribution is 5.92. The van der Waals surface area contributed by atoms with Gasteiger partial charge in [-0.1, -0.05) is 23.8 Å². The summed E-state index contributed by atoms with van der Waals surface area (Å²) in [4.78, 5) is 14.6. The quantitative estimate of drug-likeness (QED) is 0.845. The average molecular weight is 288 g/mol. The van der Waals surface area contributed by atoms with Crippen LogP contribution in [-0.2, 0) is 9.53 Å². The maximum atomic E-state index is 12.7. The number of aryl methyl sites for hydroxylation is 2. The minimum Gasteiger partial charge on any atom is -0.380 e. The number of benzene rings is 1. The summed E-state index contributed by atoms with van der Waals surface area (Å²) in [5.41, 5.74) is 3.38. The van der Waals surface area contributed by atoms with Crippen LogP contribution in [0, 0.1) is 13.8 Å². The SMILES string of the molecule is CCOCCN1C(=O)C2(CC2)NC1c1cc(C)ccc1C. The van der Waals surface area contributed by atoms with Gasteiger partial charge in [0, 0.05) is 13.2 Å². The molecule has 2 fully saturated rings. The maximum Gasteiger partial charge on any atom is 0.244 e. The zero-order chi connectivity index (χ0) is 15.0. The van der Waals surface area contributed by atoms with Crippen LogP contribution in [0.15, 0.2) is 18.2 Å². The van der Waals surface area contributed by atoms with Gasteiger partial charge in [-0.05, 0) is 44.7 Å². The minimum absolute atomic E-state index is 0.0136. The summed E-state index contributed by atoms with van der Waals surface area (Å²) in [5.74, 6) is 0.244. The van der Waals surface area contributed by atoms with E-state index in [2.05, 4.69) is 37.4 Å². The Morgan fingerprint density at radius 1 is 1.38 bits per heavy atom. The highest BCUT2D eigenvalue weighted by Crippen LogP contribution is 2.46. The normalized spacial score (nSPS) is 23.1. The van der Waals surface area contributed by atoms with Crippen LogP contribution in [0.5, 0.6) is 0 Å². The first kappa shape index (κ1) is 14.5. The summed E-state index contributed by atoms with van der Waals surface area (Å²) in [6.07, 6.45) is 1.90. The molecular weight excluding hydrogens is 264 g/mol. The topological polar surface area (TPSA) is 41.6 Å². The second-order valence-electron chi connectivity index (χ2n) is 6.18. The van der Waals surface area contributed by atoms with Crippen molar-refractivity contribution in [3.8, 4) is 0 Å². The molecule has 1 heterocycles. The highest BCUT2D eigenvalue weighted by Gasteiger charge is 2.59. The van der Waals surface area contributed by atoms with Gasteiger partial charge in [0.05, 0.1) is 6.61 Å². The zero-order valence-corrected chi connectivity index (χ0v) is 13.1. The van der Waals surface area contributed by atoms with Gasteiger partial charge in [-0.15, -0.1) is 0 Å². The molecule has 114 valence electrons. The lowest BCUT2D eigenvalue weighted by Crippen LogP contribution is -2.34. The Morgan fingerprint density at radius 3 is 2.81 bits per heavy atom. The molecule has 1 aromatic carbocycles. The third-order valence-electron chi connectivity index (χ3n) is 4.55. The molecule has 3 rings (SSSR count). The summed E-state index contributed by atoms with van der Waals surface area (Å²) in [5, 5.41) is 3.57. The van der Waals surface area contributed by atoms with Gasteiger partial charge in [0.1, 0.15) is 11.7 Å². The van der Waals surface area contributed by atoms with E-state index in [-0.39, 0.29) is 17.6 Å². The lowest BCUT2D eigenvalue weighted by molar-refractivity contribution is -0.131. The molecule has 0 aromatic heterocycles. The van der Waals surface area contributed by atoms with Crippen molar-refractivity contribution in [1.82, 2.24) is 10.2 Å². The summed E-state index contributed by atoms with van der Waals surface area (Å²) >= 11 is 0. The molecule has 1 atom stereocenters. The fourth-order valence-electron chi connectivity index (χ4n) is 3.11. The van der Waals surface area contributed by atoms with E-state index in [1.807, 2.05) is 11.8 Å². The van der Waals surface area contributed by atoms with Gasteiger partial charge in [0.25, 0.3) is 0 Å². The van der Waals surface area contributed by atoms with Crippen LogP contribution >= 0.6 is 0 Å². The number of ether oxygens (including phenoxy) is 1. The molecule has 1 amide bonds. The number of amides is 1. The number of rotatable bonds is 5. The van der Waals surface area contributed by atoms with Crippen LogP contribution < -0.4 is 5.32 Å². The smallest absolute Gasteiger partial charge is 0.244 e. The third kappa shape index (κ3) is 2.58. The van der Waals surface area contributed by atoms with Crippen molar-refractivity contribution in [1.29, 1.82) is 0 Å². The first-order chi connectivity index (χ1) is 10.1. The molecule has 1 spiro atoms. The first-order valence-corrected chi connectivity index (χ1v) is 7.81. The Balaban J connectivity index is 1.87. The number of carbonyl (C=O) groups is 1. The Bertz CT molecular complexity index is 552. The van der Waals surface area contributed by atoms with Gasteiger partial charge >= 0.3 is 0 Å². The molecule has 2 aliphatic rings. The molecule has 1 N–H and O–H groups in total. The van der Waals surface area contributed by atoms with E-state index in [0.717, 1.165) is 12.8 Å². The Kier molecular flexibility index (Phi) is 3.76. The number of carbonyl (C=O) groups excluding carboxylic acids is 1. The van der Waals surface area contributed by atoms with E-state index in [0.29, 0.717) is 19.8 Å². The Labute approximate surface area is 126 Å².